The minimum Gasteiger partial charge on any atom is -0.495 e. The van der Waals surface area contributed by atoms with Crippen LogP contribution >= 0.6 is 23.2 Å². The van der Waals surface area contributed by atoms with Gasteiger partial charge in [-0.05, 0) is 38.1 Å². The normalized spacial score (nSPS) is 11.6. The highest BCUT2D eigenvalue weighted by atomic mass is 35.5. The maximum absolute atomic E-state index is 12.8. The van der Waals surface area contributed by atoms with Crippen LogP contribution in [0.3, 0.4) is 0 Å². The summed E-state index contributed by atoms with van der Waals surface area (Å²) in [7, 11) is 0.579. The fourth-order valence-electron chi connectivity index (χ4n) is 2.43. The largest absolute Gasteiger partial charge is 0.495 e. The van der Waals surface area contributed by atoms with Gasteiger partial charge in [0.15, 0.2) is 0 Å². The Morgan fingerprint density at radius 2 is 1.66 bits per heavy atom. The molecule has 2 aromatic rings. The number of carbonyl (C=O) groups is 1. The smallest absolute Gasteiger partial charge is 0.257 e. The summed E-state index contributed by atoms with van der Waals surface area (Å²) in [6, 6.07) is 6.71. The van der Waals surface area contributed by atoms with Crippen LogP contribution in [0.4, 0.5) is 5.69 Å². The monoisotopic (exact) mass is 460 g/mol. The number of sulfonamides is 1. The third-order valence-corrected chi connectivity index (χ3v) is 6.96. The number of ether oxygens (including phenoxy) is 2. The van der Waals surface area contributed by atoms with Crippen molar-refractivity contribution >= 4 is 44.8 Å². The van der Waals surface area contributed by atoms with E-state index in [4.69, 9.17) is 32.7 Å². The number of hydrogen-bond donors (Lipinski definition) is 1. The van der Waals surface area contributed by atoms with Gasteiger partial charge in [0, 0.05) is 19.2 Å². The summed E-state index contributed by atoms with van der Waals surface area (Å²) in [6.07, 6.45) is 0. The van der Waals surface area contributed by atoms with E-state index in [0.717, 1.165) is 0 Å². The van der Waals surface area contributed by atoms with E-state index in [9.17, 15) is 13.2 Å². The molecule has 29 heavy (non-hydrogen) atoms. The molecule has 2 rings (SSSR count). The van der Waals surface area contributed by atoms with Crippen LogP contribution in [0.2, 0.25) is 10.0 Å². The van der Waals surface area contributed by atoms with E-state index in [1.165, 1.54) is 55.9 Å². The van der Waals surface area contributed by atoms with E-state index in [1.54, 1.807) is 13.8 Å². The molecule has 0 saturated carbocycles. The minimum atomic E-state index is -3.78. The molecule has 7 nitrogen and oxygen atoms in total. The SMILES string of the molecule is COc1cc(OC)c(NC(=O)c2cc(S(=O)(=O)N(C)C(C)C)ccc2Cl)cc1Cl. The minimum absolute atomic E-state index is 0.00103. The Bertz CT molecular complexity index is 1030. The Labute approximate surface area is 180 Å². The molecular weight excluding hydrogens is 439 g/mol. The van der Waals surface area contributed by atoms with Crippen molar-refractivity contribution in [3.8, 4) is 11.5 Å². The van der Waals surface area contributed by atoms with Gasteiger partial charge in [-0.2, -0.15) is 4.31 Å². The molecule has 1 amide bonds. The van der Waals surface area contributed by atoms with Crippen LogP contribution in [0, 0.1) is 0 Å². The molecule has 10 heteroatoms. The Balaban J connectivity index is 2.44. The van der Waals surface area contributed by atoms with Gasteiger partial charge in [0.1, 0.15) is 11.5 Å². The maximum Gasteiger partial charge on any atom is 0.257 e. The zero-order valence-electron chi connectivity index (χ0n) is 16.6. The van der Waals surface area contributed by atoms with Gasteiger partial charge in [0.25, 0.3) is 5.91 Å². The molecule has 0 aliphatic heterocycles. The molecule has 0 aliphatic carbocycles. The Kier molecular flexibility index (Phi) is 7.40. The number of carbonyl (C=O) groups excluding carboxylic acids is 1. The number of nitrogens with one attached hydrogen (secondary N) is 1. The summed E-state index contributed by atoms with van der Waals surface area (Å²) < 4.78 is 37.1. The maximum atomic E-state index is 12.8. The number of anilines is 1. The molecule has 0 unspecified atom stereocenters. The van der Waals surface area contributed by atoms with Gasteiger partial charge >= 0.3 is 0 Å². The van der Waals surface area contributed by atoms with Crippen LogP contribution in [0.5, 0.6) is 11.5 Å². The van der Waals surface area contributed by atoms with Crippen molar-refractivity contribution in [1.29, 1.82) is 0 Å². The first-order chi connectivity index (χ1) is 13.5. The van der Waals surface area contributed by atoms with Crippen LogP contribution in [0.25, 0.3) is 0 Å². The van der Waals surface area contributed by atoms with Crippen LogP contribution in [0.1, 0.15) is 24.2 Å². The van der Waals surface area contributed by atoms with Gasteiger partial charge < -0.3 is 14.8 Å². The number of methoxy groups -OCH3 is 2. The molecule has 0 aliphatic rings. The topological polar surface area (TPSA) is 84.9 Å². The van der Waals surface area contributed by atoms with Crippen molar-refractivity contribution < 1.29 is 22.7 Å². The Hall–Kier alpha value is -2.00. The number of nitrogens with zero attached hydrogens (tertiary/aromatic N) is 1. The standard InChI is InChI=1S/C19H22Cl2N2O5S/c1-11(2)23(3)29(25,26)12-6-7-14(20)13(8-12)19(24)22-16-9-15(21)17(27-4)10-18(16)28-5/h6-11H,1-5H3,(H,22,24). The molecule has 2 aromatic carbocycles. The lowest BCUT2D eigenvalue weighted by molar-refractivity contribution is 0.102. The summed E-state index contributed by atoms with van der Waals surface area (Å²) in [6.45, 7) is 3.50. The second-order valence-electron chi connectivity index (χ2n) is 6.40. The first kappa shape index (κ1) is 23.3. The molecule has 158 valence electrons. The zero-order valence-corrected chi connectivity index (χ0v) is 18.9. The van der Waals surface area contributed by atoms with Crippen molar-refractivity contribution in [3.63, 3.8) is 0 Å². The quantitative estimate of drug-likeness (QED) is 0.665. The highest BCUT2D eigenvalue weighted by Gasteiger charge is 2.25. The molecule has 0 radical (unpaired) electrons. The van der Waals surface area contributed by atoms with Crippen molar-refractivity contribution in [2.24, 2.45) is 0 Å². The molecule has 0 atom stereocenters. The second kappa shape index (κ2) is 9.21. The van der Waals surface area contributed by atoms with E-state index < -0.39 is 15.9 Å². The van der Waals surface area contributed by atoms with Gasteiger partial charge in [-0.1, -0.05) is 23.2 Å². The predicted octanol–water partition coefficient (Wildman–Crippen LogP) is 4.29. The Morgan fingerprint density at radius 1 is 1.03 bits per heavy atom. The number of amides is 1. The van der Waals surface area contributed by atoms with Crippen LogP contribution in [-0.2, 0) is 10.0 Å². The van der Waals surface area contributed by atoms with Crippen LogP contribution in [-0.4, -0.2) is 45.9 Å². The Morgan fingerprint density at radius 3 is 2.21 bits per heavy atom. The first-order valence-electron chi connectivity index (χ1n) is 8.53. The predicted molar refractivity (Wildman–Crippen MR) is 114 cm³/mol. The number of halogens is 2. The summed E-state index contributed by atoms with van der Waals surface area (Å²) in [5, 5.41) is 3.02. The average Bonchev–Trinajstić information content (AvgIpc) is 2.67. The van der Waals surface area contributed by atoms with Crippen LogP contribution in [0.15, 0.2) is 35.2 Å². The summed E-state index contributed by atoms with van der Waals surface area (Å²) in [4.78, 5) is 12.8. The highest BCUT2D eigenvalue weighted by Crippen LogP contribution is 2.36. The summed E-state index contributed by atoms with van der Waals surface area (Å²) in [5.41, 5.74) is 0.283. The molecule has 0 spiro atoms. The molecule has 0 fully saturated rings. The van der Waals surface area contributed by atoms with E-state index in [0.29, 0.717) is 11.5 Å². The summed E-state index contributed by atoms with van der Waals surface area (Å²) >= 11 is 12.3. The highest BCUT2D eigenvalue weighted by molar-refractivity contribution is 7.89. The van der Waals surface area contributed by atoms with Crippen molar-refractivity contribution in [3.05, 3.63) is 45.9 Å². The van der Waals surface area contributed by atoms with E-state index in [-0.39, 0.29) is 32.2 Å². The molecular formula is C19H22Cl2N2O5S. The van der Waals surface area contributed by atoms with Crippen molar-refractivity contribution in [2.75, 3.05) is 26.6 Å². The van der Waals surface area contributed by atoms with Gasteiger partial charge in [0.2, 0.25) is 10.0 Å². The lowest BCUT2D eigenvalue weighted by atomic mass is 10.2. The summed E-state index contributed by atoms with van der Waals surface area (Å²) in [5.74, 6) is 0.0854. The molecule has 0 saturated heterocycles. The fourth-order valence-corrected chi connectivity index (χ4v) is 4.27. The fraction of sp³-hybridized carbons (Fsp3) is 0.316. The number of hydrogen-bond acceptors (Lipinski definition) is 5. The lowest BCUT2D eigenvalue weighted by Gasteiger charge is -2.21. The number of rotatable bonds is 7. The molecule has 1 N–H and O–H groups in total. The number of benzene rings is 2. The second-order valence-corrected chi connectivity index (χ2v) is 9.21. The van der Waals surface area contributed by atoms with E-state index in [2.05, 4.69) is 5.32 Å². The van der Waals surface area contributed by atoms with E-state index in [1.807, 2.05) is 0 Å². The molecule has 0 heterocycles. The van der Waals surface area contributed by atoms with E-state index >= 15 is 0 Å². The van der Waals surface area contributed by atoms with Crippen molar-refractivity contribution in [2.45, 2.75) is 24.8 Å². The first-order valence-corrected chi connectivity index (χ1v) is 10.7. The van der Waals surface area contributed by atoms with Gasteiger partial charge in [-0.25, -0.2) is 8.42 Å². The van der Waals surface area contributed by atoms with Crippen LogP contribution < -0.4 is 14.8 Å². The molecule has 0 aromatic heterocycles. The van der Waals surface area contributed by atoms with Gasteiger partial charge in [-0.15, -0.1) is 0 Å². The zero-order chi connectivity index (χ0) is 21.9. The third kappa shape index (κ3) is 4.95. The third-order valence-electron chi connectivity index (χ3n) is 4.31. The van der Waals surface area contributed by atoms with Gasteiger partial charge in [0.05, 0.1) is 40.4 Å². The lowest BCUT2D eigenvalue weighted by Crippen LogP contribution is -2.33. The van der Waals surface area contributed by atoms with Crippen molar-refractivity contribution in [1.82, 2.24) is 4.31 Å². The average molecular weight is 461 g/mol. The van der Waals surface area contributed by atoms with Gasteiger partial charge in [-0.3, -0.25) is 4.79 Å². The molecule has 0 bridgehead atoms.